The maximum atomic E-state index is 12.1. The van der Waals surface area contributed by atoms with Gasteiger partial charge in [0, 0.05) is 38.1 Å². The first-order chi connectivity index (χ1) is 18.1. The second kappa shape index (κ2) is 11.8. The van der Waals surface area contributed by atoms with Crippen molar-refractivity contribution in [2.45, 2.75) is 83.8 Å². The number of halogens is 1. The molecule has 0 aliphatic heterocycles. The van der Waals surface area contributed by atoms with Crippen LogP contribution in [0.25, 0.3) is 10.8 Å². The van der Waals surface area contributed by atoms with Crippen LogP contribution in [-0.4, -0.2) is 37.4 Å². The average molecular weight is 541 g/mol. The highest BCUT2D eigenvalue weighted by Crippen LogP contribution is 2.61. The zero-order valence-electron chi connectivity index (χ0n) is 22.7. The molecule has 38 heavy (non-hydrogen) atoms. The van der Waals surface area contributed by atoms with E-state index in [9.17, 15) is 9.59 Å². The van der Waals surface area contributed by atoms with Gasteiger partial charge in [-0.1, -0.05) is 38.6 Å². The summed E-state index contributed by atoms with van der Waals surface area (Å²) >= 11 is 6.46. The van der Waals surface area contributed by atoms with Crippen molar-refractivity contribution in [2.24, 2.45) is 0 Å². The van der Waals surface area contributed by atoms with Gasteiger partial charge in [0.2, 0.25) is 0 Å². The van der Waals surface area contributed by atoms with Crippen molar-refractivity contribution in [2.75, 3.05) is 13.2 Å². The summed E-state index contributed by atoms with van der Waals surface area (Å²) in [5.41, 5.74) is 3.07. The summed E-state index contributed by atoms with van der Waals surface area (Å²) in [7, 11) is 0. The molecule has 6 nitrogen and oxygen atoms in total. The lowest BCUT2D eigenvalue weighted by molar-refractivity contribution is -0.146. The largest absolute Gasteiger partial charge is 0.489 e. The quantitative estimate of drug-likeness (QED) is 0.206. The first-order valence-electron chi connectivity index (χ1n) is 13.4. The van der Waals surface area contributed by atoms with Crippen LogP contribution in [0.5, 0.6) is 11.5 Å². The van der Waals surface area contributed by atoms with Crippen molar-refractivity contribution in [1.29, 1.82) is 0 Å². The first-order valence-corrected chi connectivity index (χ1v) is 13.8. The van der Waals surface area contributed by atoms with E-state index in [4.69, 9.17) is 30.5 Å². The van der Waals surface area contributed by atoms with Crippen LogP contribution in [0.3, 0.4) is 0 Å². The van der Waals surface area contributed by atoms with Crippen molar-refractivity contribution in [3.63, 3.8) is 0 Å². The van der Waals surface area contributed by atoms with Crippen LogP contribution in [0.1, 0.15) is 82.8 Å². The minimum Gasteiger partial charge on any atom is -0.489 e. The lowest BCUT2D eigenvalue weighted by Crippen LogP contribution is -2.26. The van der Waals surface area contributed by atoms with E-state index in [0.717, 1.165) is 41.5 Å². The van der Waals surface area contributed by atoms with Crippen LogP contribution in [0, 0.1) is 0 Å². The monoisotopic (exact) mass is 540 g/mol. The highest BCUT2D eigenvalue weighted by molar-refractivity contribution is 6.31. The molecule has 0 heterocycles. The summed E-state index contributed by atoms with van der Waals surface area (Å²) in [5.74, 6) is 1.53. The molecule has 0 spiro atoms. The molecule has 1 fully saturated rings. The molecular weight excluding hydrogens is 504 g/mol. The lowest BCUT2D eigenvalue weighted by atomic mass is 9.87. The van der Waals surface area contributed by atoms with Crippen molar-refractivity contribution in [1.82, 2.24) is 0 Å². The molecule has 0 aromatic heterocycles. The summed E-state index contributed by atoms with van der Waals surface area (Å²) in [6.07, 6.45) is 3.70. The number of rotatable bonds is 12. The van der Waals surface area contributed by atoms with E-state index in [1.54, 1.807) is 13.8 Å². The van der Waals surface area contributed by atoms with Crippen molar-refractivity contribution in [3.8, 4) is 11.5 Å². The van der Waals surface area contributed by atoms with Crippen LogP contribution in [0.2, 0.25) is 5.02 Å². The molecule has 1 saturated carbocycles. The Labute approximate surface area is 229 Å². The Morgan fingerprint density at radius 1 is 0.868 bits per heavy atom. The van der Waals surface area contributed by atoms with Crippen LogP contribution < -0.4 is 9.47 Å². The molecule has 4 rings (SSSR count). The number of esters is 2. The number of hydrogen-bond acceptors (Lipinski definition) is 6. The molecule has 2 aromatic carbocycles. The van der Waals surface area contributed by atoms with Crippen molar-refractivity contribution in [3.05, 3.63) is 58.7 Å². The van der Waals surface area contributed by atoms with Crippen molar-refractivity contribution < 1.29 is 28.5 Å². The molecule has 0 N–H and O–H groups in total. The van der Waals surface area contributed by atoms with Gasteiger partial charge >= 0.3 is 11.9 Å². The van der Waals surface area contributed by atoms with E-state index < -0.39 is 18.0 Å². The lowest BCUT2D eigenvalue weighted by Gasteiger charge is -2.27. The van der Waals surface area contributed by atoms with Crippen LogP contribution in [0.15, 0.2) is 42.5 Å². The molecule has 7 heteroatoms. The van der Waals surface area contributed by atoms with Crippen LogP contribution in [0.4, 0.5) is 0 Å². The van der Waals surface area contributed by atoms with Gasteiger partial charge in [0.05, 0.1) is 0 Å². The van der Waals surface area contributed by atoms with Gasteiger partial charge in [-0.05, 0) is 76.0 Å². The molecule has 2 aromatic rings. The maximum absolute atomic E-state index is 12.1. The normalized spacial score (nSPS) is 19.0. The zero-order valence-corrected chi connectivity index (χ0v) is 23.5. The van der Waals surface area contributed by atoms with Crippen LogP contribution in [-0.2, 0) is 19.1 Å². The second-order valence-corrected chi connectivity index (χ2v) is 10.9. The fourth-order valence-corrected chi connectivity index (χ4v) is 5.56. The highest BCUT2D eigenvalue weighted by Gasteiger charge is 2.43. The van der Waals surface area contributed by atoms with E-state index in [2.05, 4.69) is 13.2 Å². The summed E-state index contributed by atoms with van der Waals surface area (Å²) in [6, 6.07) is 5.72. The third-order valence-electron chi connectivity index (χ3n) is 7.48. The Kier molecular flexibility index (Phi) is 8.71. The smallest absolute Gasteiger partial charge is 0.333 e. The SMILES string of the molecule is C=C(C)C(=O)OC(CC)COc1c2c(c(OCC(CC)OC(=O)C(=C)C)c3cc(Cl)ccc13)C1CCC2C1. The van der Waals surface area contributed by atoms with Gasteiger partial charge in [-0.2, -0.15) is 0 Å². The average Bonchev–Trinajstić information content (AvgIpc) is 3.51. The predicted octanol–water partition coefficient (Wildman–Crippen LogP) is 7.41. The molecular formula is C31H37ClO6. The number of benzene rings is 2. The van der Waals surface area contributed by atoms with Gasteiger partial charge in [0.15, 0.2) is 0 Å². The van der Waals surface area contributed by atoms with Gasteiger partial charge < -0.3 is 18.9 Å². The molecule has 4 atom stereocenters. The third-order valence-corrected chi connectivity index (χ3v) is 7.72. The Balaban J connectivity index is 1.71. The third kappa shape index (κ3) is 5.70. The van der Waals surface area contributed by atoms with E-state index in [0.29, 0.717) is 40.8 Å². The van der Waals surface area contributed by atoms with Gasteiger partial charge in [-0.15, -0.1) is 0 Å². The standard InChI is InChI=1S/C31H37ClO6/c1-7-22(37-30(33)17(3)4)15-35-28-24-12-11-21(32)14-25(24)29(27-20-10-9-19(13-20)26(27)28)36-16-23(8-2)38-31(34)18(5)6/h11-12,14,19-20,22-23H,3,5,7-10,13,15-16H2,1-2,4,6H3. The van der Waals surface area contributed by atoms with Gasteiger partial charge in [0.25, 0.3) is 0 Å². The topological polar surface area (TPSA) is 71.1 Å². The summed E-state index contributed by atoms with van der Waals surface area (Å²) < 4.78 is 24.1. The minimum atomic E-state index is -0.417. The molecule has 204 valence electrons. The predicted molar refractivity (Wildman–Crippen MR) is 149 cm³/mol. The highest BCUT2D eigenvalue weighted by atomic mass is 35.5. The molecule has 2 aliphatic carbocycles. The molecule has 0 amide bonds. The maximum Gasteiger partial charge on any atom is 0.333 e. The van der Waals surface area contributed by atoms with E-state index in [1.165, 1.54) is 11.1 Å². The van der Waals surface area contributed by atoms with Crippen LogP contribution >= 0.6 is 11.6 Å². The number of carbonyl (C=O) groups is 2. The van der Waals surface area contributed by atoms with E-state index in [-0.39, 0.29) is 19.3 Å². The molecule has 0 saturated heterocycles. The Hall–Kier alpha value is -2.99. The Morgan fingerprint density at radius 3 is 1.79 bits per heavy atom. The fourth-order valence-electron chi connectivity index (χ4n) is 5.39. The number of fused-ring (bicyclic) bond motifs is 6. The summed E-state index contributed by atoms with van der Waals surface area (Å²) in [5, 5.41) is 2.37. The van der Waals surface area contributed by atoms with E-state index >= 15 is 0 Å². The fraction of sp³-hybridized carbons (Fsp3) is 0.484. The molecule has 2 bridgehead atoms. The molecule has 2 aliphatic rings. The van der Waals surface area contributed by atoms with Gasteiger partial charge in [-0.3, -0.25) is 0 Å². The van der Waals surface area contributed by atoms with Gasteiger partial charge in [-0.25, -0.2) is 9.59 Å². The van der Waals surface area contributed by atoms with Gasteiger partial charge in [0.1, 0.15) is 36.9 Å². The zero-order chi connectivity index (χ0) is 27.6. The Morgan fingerprint density at radius 2 is 1.34 bits per heavy atom. The van der Waals surface area contributed by atoms with Crippen molar-refractivity contribution >= 4 is 34.3 Å². The first kappa shape index (κ1) is 28.0. The summed E-state index contributed by atoms with van der Waals surface area (Å²) in [4.78, 5) is 24.2. The minimum absolute atomic E-state index is 0.232. The van der Waals surface area contributed by atoms with E-state index in [1.807, 2.05) is 32.0 Å². The Bertz CT molecular complexity index is 1260. The molecule has 0 radical (unpaired) electrons. The molecule has 4 unspecified atom stereocenters. The summed E-state index contributed by atoms with van der Waals surface area (Å²) in [6.45, 7) is 15.0. The number of ether oxygens (including phenoxy) is 4. The number of hydrogen-bond donors (Lipinski definition) is 0. The number of carbonyl (C=O) groups excluding carboxylic acids is 2. The second-order valence-electron chi connectivity index (χ2n) is 10.4.